The maximum atomic E-state index is 3.41. The van der Waals surface area contributed by atoms with Gasteiger partial charge >= 0.3 is 0 Å². The van der Waals surface area contributed by atoms with Gasteiger partial charge in [0.15, 0.2) is 0 Å². The summed E-state index contributed by atoms with van der Waals surface area (Å²) in [6.45, 7) is 4.38. The van der Waals surface area contributed by atoms with Crippen molar-refractivity contribution in [2.45, 2.75) is 6.42 Å². The Bertz CT molecular complexity index is 252. The lowest BCUT2D eigenvalue weighted by Gasteiger charge is -2.21. The summed E-state index contributed by atoms with van der Waals surface area (Å²) in [4.78, 5) is 0. The van der Waals surface area contributed by atoms with Gasteiger partial charge in [0.1, 0.15) is 0 Å². The molecular weight excluding hydrogens is 174 g/mol. The predicted molar refractivity (Wildman–Crippen MR) is 59.1 cm³/mol. The van der Waals surface area contributed by atoms with Crippen molar-refractivity contribution in [3.63, 3.8) is 0 Å². The lowest BCUT2D eigenvalue weighted by molar-refractivity contribution is 0.353. The van der Waals surface area contributed by atoms with Crippen molar-refractivity contribution in [2.24, 2.45) is 0 Å². The summed E-state index contributed by atoms with van der Waals surface area (Å²) in [5.41, 5.74) is 4.59. The smallest absolute Gasteiger partial charge is 0.0490 e. The van der Waals surface area contributed by atoms with Crippen LogP contribution in [0.1, 0.15) is 6.42 Å². The van der Waals surface area contributed by atoms with Gasteiger partial charge in [-0.1, -0.05) is 18.2 Å². The number of hydrogen-bond acceptors (Lipinski definition) is 3. The highest BCUT2D eigenvalue weighted by atomic mass is 15.5. The Morgan fingerprint density at radius 2 is 1.93 bits per heavy atom. The van der Waals surface area contributed by atoms with Crippen molar-refractivity contribution in [2.75, 3.05) is 31.6 Å². The van der Waals surface area contributed by atoms with E-state index in [2.05, 4.69) is 40.0 Å². The third kappa shape index (κ3) is 2.72. The second-order valence-electron chi connectivity index (χ2n) is 3.57. The van der Waals surface area contributed by atoms with Gasteiger partial charge in [-0.2, -0.15) is 0 Å². The molecule has 1 aliphatic heterocycles. The Balaban J connectivity index is 1.90. The first-order chi connectivity index (χ1) is 6.95. The molecule has 1 aromatic rings. The zero-order valence-electron chi connectivity index (χ0n) is 8.37. The molecule has 2 N–H and O–H groups in total. The summed E-state index contributed by atoms with van der Waals surface area (Å²) >= 11 is 0. The molecular formula is C11H17N3. The molecule has 1 saturated heterocycles. The predicted octanol–water partition coefficient (Wildman–Crippen LogP) is 1.31. The van der Waals surface area contributed by atoms with Gasteiger partial charge in [0.05, 0.1) is 0 Å². The standard InChI is InChI=1S/C11H17N3/c1-2-5-11(6-3-1)13-14-9-4-7-12-8-10-14/h1-3,5-6,12-13H,4,7-10H2. The first kappa shape index (κ1) is 9.49. The molecule has 0 bridgehead atoms. The van der Waals surface area contributed by atoms with Crippen LogP contribution in [0.25, 0.3) is 0 Å². The fourth-order valence-corrected chi connectivity index (χ4v) is 1.65. The van der Waals surface area contributed by atoms with E-state index in [0.29, 0.717) is 0 Å². The van der Waals surface area contributed by atoms with E-state index in [4.69, 9.17) is 0 Å². The number of nitrogens with one attached hydrogen (secondary N) is 2. The lowest BCUT2D eigenvalue weighted by Crippen LogP contribution is -2.33. The molecule has 3 nitrogen and oxygen atoms in total. The number of benzene rings is 1. The Morgan fingerprint density at radius 3 is 2.79 bits per heavy atom. The highest BCUT2D eigenvalue weighted by Gasteiger charge is 2.07. The molecule has 0 aliphatic carbocycles. The van der Waals surface area contributed by atoms with Crippen LogP contribution in [0.4, 0.5) is 5.69 Å². The number of hydrazine groups is 1. The molecule has 14 heavy (non-hydrogen) atoms. The van der Waals surface area contributed by atoms with Crippen LogP contribution in [0.3, 0.4) is 0 Å². The molecule has 0 amide bonds. The molecule has 1 heterocycles. The Kier molecular flexibility index (Phi) is 3.38. The van der Waals surface area contributed by atoms with Gasteiger partial charge in [-0.15, -0.1) is 0 Å². The Labute approximate surface area is 85.1 Å². The van der Waals surface area contributed by atoms with Crippen LogP contribution in [0.15, 0.2) is 30.3 Å². The van der Waals surface area contributed by atoms with E-state index >= 15 is 0 Å². The maximum Gasteiger partial charge on any atom is 0.0490 e. The van der Waals surface area contributed by atoms with E-state index in [1.165, 1.54) is 12.1 Å². The normalized spacial score (nSPS) is 18.9. The van der Waals surface area contributed by atoms with Gasteiger partial charge in [-0.05, 0) is 25.1 Å². The molecule has 0 atom stereocenters. The minimum Gasteiger partial charge on any atom is -0.319 e. The molecule has 0 saturated carbocycles. The van der Waals surface area contributed by atoms with Crippen molar-refractivity contribution >= 4 is 5.69 Å². The van der Waals surface area contributed by atoms with Crippen LogP contribution < -0.4 is 10.7 Å². The van der Waals surface area contributed by atoms with E-state index in [9.17, 15) is 0 Å². The molecule has 2 rings (SSSR count). The summed E-state index contributed by atoms with van der Waals surface area (Å²) in [7, 11) is 0. The Morgan fingerprint density at radius 1 is 1.07 bits per heavy atom. The van der Waals surface area contributed by atoms with Gasteiger partial charge in [0.25, 0.3) is 0 Å². The van der Waals surface area contributed by atoms with E-state index in [1.807, 2.05) is 6.07 Å². The van der Waals surface area contributed by atoms with Gasteiger partial charge in [0.2, 0.25) is 0 Å². The first-order valence-electron chi connectivity index (χ1n) is 5.22. The van der Waals surface area contributed by atoms with Crippen LogP contribution in [-0.2, 0) is 0 Å². The van der Waals surface area contributed by atoms with Crippen LogP contribution in [0.2, 0.25) is 0 Å². The van der Waals surface area contributed by atoms with Gasteiger partial charge in [-0.3, -0.25) is 0 Å². The second-order valence-corrected chi connectivity index (χ2v) is 3.57. The van der Waals surface area contributed by atoms with Gasteiger partial charge in [0, 0.05) is 25.3 Å². The minimum absolute atomic E-state index is 1.06. The molecule has 0 radical (unpaired) electrons. The quantitative estimate of drug-likeness (QED) is 0.738. The highest BCUT2D eigenvalue weighted by molar-refractivity contribution is 5.41. The summed E-state index contributed by atoms with van der Waals surface area (Å²) in [5, 5.41) is 5.65. The zero-order chi connectivity index (χ0) is 9.64. The van der Waals surface area contributed by atoms with E-state index in [0.717, 1.165) is 26.2 Å². The molecule has 0 aromatic heterocycles. The fraction of sp³-hybridized carbons (Fsp3) is 0.455. The molecule has 1 aromatic carbocycles. The van der Waals surface area contributed by atoms with Crippen molar-refractivity contribution in [1.82, 2.24) is 10.3 Å². The summed E-state index contributed by atoms with van der Waals surface area (Å²) in [5.74, 6) is 0. The lowest BCUT2D eigenvalue weighted by atomic mass is 10.3. The number of hydrogen-bond donors (Lipinski definition) is 2. The van der Waals surface area contributed by atoms with E-state index < -0.39 is 0 Å². The van der Waals surface area contributed by atoms with Crippen molar-refractivity contribution in [3.05, 3.63) is 30.3 Å². The van der Waals surface area contributed by atoms with Gasteiger partial charge in [-0.25, -0.2) is 5.01 Å². The highest BCUT2D eigenvalue weighted by Crippen LogP contribution is 2.07. The third-order valence-electron chi connectivity index (χ3n) is 2.40. The molecule has 3 heteroatoms. The number of nitrogens with zero attached hydrogens (tertiary/aromatic N) is 1. The number of rotatable bonds is 2. The average Bonchev–Trinajstić information content (AvgIpc) is 2.48. The summed E-state index contributed by atoms with van der Waals surface area (Å²) in [6.07, 6.45) is 1.21. The summed E-state index contributed by atoms with van der Waals surface area (Å²) < 4.78 is 0. The zero-order valence-corrected chi connectivity index (χ0v) is 8.37. The van der Waals surface area contributed by atoms with Crippen LogP contribution in [0.5, 0.6) is 0 Å². The third-order valence-corrected chi connectivity index (χ3v) is 2.40. The van der Waals surface area contributed by atoms with Crippen molar-refractivity contribution < 1.29 is 0 Å². The monoisotopic (exact) mass is 191 g/mol. The fourth-order valence-electron chi connectivity index (χ4n) is 1.65. The van der Waals surface area contributed by atoms with Crippen LogP contribution in [-0.4, -0.2) is 31.2 Å². The Hall–Kier alpha value is -1.06. The first-order valence-corrected chi connectivity index (χ1v) is 5.22. The molecule has 76 valence electrons. The van der Waals surface area contributed by atoms with Crippen LogP contribution in [0, 0.1) is 0 Å². The largest absolute Gasteiger partial charge is 0.319 e. The molecule has 1 fully saturated rings. The topological polar surface area (TPSA) is 27.3 Å². The summed E-state index contributed by atoms with van der Waals surface area (Å²) in [6, 6.07) is 10.3. The number of para-hydroxylation sites is 1. The SMILES string of the molecule is c1ccc(NN2CCCNCC2)cc1. The van der Waals surface area contributed by atoms with Crippen molar-refractivity contribution in [3.8, 4) is 0 Å². The van der Waals surface area contributed by atoms with Gasteiger partial charge < -0.3 is 10.7 Å². The van der Waals surface area contributed by atoms with E-state index in [1.54, 1.807) is 0 Å². The molecule has 0 spiro atoms. The second kappa shape index (κ2) is 4.98. The van der Waals surface area contributed by atoms with E-state index in [-0.39, 0.29) is 0 Å². The van der Waals surface area contributed by atoms with Crippen molar-refractivity contribution in [1.29, 1.82) is 0 Å². The molecule has 1 aliphatic rings. The molecule has 0 unspecified atom stereocenters. The maximum absolute atomic E-state index is 3.41. The number of anilines is 1. The minimum atomic E-state index is 1.06. The van der Waals surface area contributed by atoms with Crippen LogP contribution >= 0.6 is 0 Å². The average molecular weight is 191 g/mol.